The smallest absolute Gasteiger partial charge is 0.200 e. The first kappa shape index (κ1) is 11.3. The molecule has 4 nitrogen and oxygen atoms in total. The molecule has 0 spiro atoms. The normalized spacial score (nSPS) is 10.1. The maximum atomic E-state index is 10.9. The molecule has 0 aliphatic heterocycles. The van der Waals surface area contributed by atoms with Crippen LogP contribution in [0, 0.1) is 0 Å². The Bertz CT molecular complexity index is 566. The van der Waals surface area contributed by atoms with Gasteiger partial charge in [0, 0.05) is 10.8 Å². The van der Waals surface area contributed by atoms with Crippen molar-refractivity contribution in [1.29, 1.82) is 0 Å². The van der Waals surface area contributed by atoms with Crippen LogP contribution in [0.5, 0.6) is 17.2 Å². The molecule has 0 fully saturated rings. The molecular weight excluding hydrogens is 236 g/mol. The van der Waals surface area contributed by atoms with Crippen molar-refractivity contribution in [1.82, 2.24) is 0 Å². The fourth-order valence-corrected chi connectivity index (χ4v) is 3.60. The molecule has 0 unspecified atom stereocenters. The largest absolute Gasteiger partial charge is 0.504 e. The van der Waals surface area contributed by atoms with Crippen LogP contribution in [0.1, 0.15) is 10.4 Å². The third-order valence-electron chi connectivity index (χ3n) is 2.47. The lowest BCUT2D eigenvalue weighted by molar-refractivity contribution is 0.112. The Kier molecular flexibility index (Phi) is 2.93. The summed E-state index contributed by atoms with van der Waals surface area (Å²) >= 11 is 0. The van der Waals surface area contributed by atoms with Gasteiger partial charge in [-0.3, -0.25) is 4.79 Å². The van der Waals surface area contributed by atoms with Crippen molar-refractivity contribution in [3.63, 3.8) is 0 Å². The summed E-state index contributed by atoms with van der Waals surface area (Å²) in [4.78, 5) is 10.9. The zero-order chi connectivity index (χ0) is 12.4. The van der Waals surface area contributed by atoms with E-state index in [1.807, 2.05) is 29.6 Å². The molecule has 0 saturated heterocycles. The molecule has 1 aromatic carbocycles. The van der Waals surface area contributed by atoms with Gasteiger partial charge in [-0.2, -0.15) is 0 Å². The third kappa shape index (κ3) is 1.92. The molecule has 2 aromatic rings. The highest BCUT2D eigenvalue weighted by atomic mass is 28.2. The van der Waals surface area contributed by atoms with Crippen molar-refractivity contribution < 1.29 is 20.1 Å². The van der Waals surface area contributed by atoms with Gasteiger partial charge in [0.05, 0.1) is 8.40 Å². The molecule has 1 heterocycles. The average molecular weight is 246 g/mol. The third-order valence-corrected chi connectivity index (χ3v) is 4.68. The molecule has 2 rings (SSSR count). The summed E-state index contributed by atoms with van der Waals surface area (Å²) < 4.78 is 0. The highest BCUT2D eigenvalue weighted by Gasteiger charge is 2.17. The minimum atomic E-state index is -1.38. The molecule has 0 atom stereocenters. The van der Waals surface area contributed by atoms with E-state index >= 15 is 0 Å². The van der Waals surface area contributed by atoms with Crippen molar-refractivity contribution in [2.75, 3.05) is 0 Å². The summed E-state index contributed by atoms with van der Waals surface area (Å²) in [5.74, 6) is -1.50. The van der Waals surface area contributed by atoms with Gasteiger partial charge >= 0.3 is 0 Å². The van der Waals surface area contributed by atoms with Gasteiger partial charge in [0.1, 0.15) is 0 Å². The van der Waals surface area contributed by atoms with E-state index in [4.69, 9.17) is 0 Å². The van der Waals surface area contributed by atoms with E-state index < -0.39 is 25.6 Å². The molecule has 0 aliphatic rings. The van der Waals surface area contributed by atoms with E-state index in [2.05, 4.69) is 0 Å². The second-order valence-corrected chi connectivity index (χ2v) is 5.62. The van der Waals surface area contributed by atoms with E-state index in [-0.39, 0.29) is 5.56 Å². The summed E-state index contributed by atoms with van der Waals surface area (Å²) in [6.07, 6.45) is 0.561. The van der Waals surface area contributed by atoms with Gasteiger partial charge in [0.25, 0.3) is 0 Å². The molecule has 0 radical (unpaired) electrons. The number of aldehydes is 1. The van der Waals surface area contributed by atoms with Crippen LogP contribution in [-0.2, 0) is 0 Å². The minimum Gasteiger partial charge on any atom is -0.504 e. The second kappa shape index (κ2) is 4.38. The molecule has 0 bridgehead atoms. The van der Waals surface area contributed by atoms with E-state index in [0.29, 0.717) is 11.5 Å². The number of aromatic hydroxyl groups is 3. The van der Waals surface area contributed by atoms with Crippen molar-refractivity contribution >= 4 is 14.7 Å². The Morgan fingerprint density at radius 3 is 2.24 bits per heavy atom. The lowest BCUT2D eigenvalue weighted by atomic mass is 10.2. The standard InChI is InChI=1S/C12H10O4Si/c13-7-8-6-9(14)10(15)11(16)12(8)17-4-2-1-3-5-17/h1-7,14-16H. The first-order chi connectivity index (χ1) is 8.15. The number of hydrogen-bond donors (Lipinski definition) is 3. The van der Waals surface area contributed by atoms with Gasteiger partial charge in [0.2, 0.25) is 5.75 Å². The van der Waals surface area contributed by atoms with E-state index in [1.54, 1.807) is 0 Å². The van der Waals surface area contributed by atoms with Gasteiger partial charge in [-0.05, 0) is 6.07 Å². The van der Waals surface area contributed by atoms with Gasteiger partial charge in [-0.25, -0.2) is 0 Å². The summed E-state index contributed by atoms with van der Waals surface area (Å²) in [6, 6.07) is 6.65. The molecular formula is C12H10O4Si. The van der Waals surface area contributed by atoms with Crippen molar-refractivity contribution in [3.8, 4) is 22.4 Å². The molecule has 3 N–H and O–H groups in total. The lowest BCUT2D eigenvalue weighted by Crippen LogP contribution is -2.00. The molecule has 86 valence electrons. The quantitative estimate of drug-likeness (QED) is 0.427. The zero-order valence-electron chi connectivity index (χ0n) is 8.79. The molecule has 0 aliphatic carbocycles. The average Bonchev–Trinajstić information content (AvgIpc) is 2.36. The van der Waals surface area contributed by atoms with Crippen LogP contribution >= 0.6 is 0 Å². The van der Waals surface area contributed by atoms with E-state index in [9.17, 15) is 20.1 Å². The first-order valence-corrected chi connectivity index (χ1v) is 6.59. The number of benzene rings is 1. The topological polar surface area (TPSA) is 77.8 Å². The van der Waals surface area contributed by atoms with Crippen LogP contribution in [0.2, 0.25) is 0 Å². The second-order valence-electron chi connectivity index (χ2n) is 3.54. The van der Waals surface area contributed by atoms with E-state index in [1.165, 1.54) is 0 Å². The predicted molar refractivity (Wildman–Crippen MR) is 64.1 cm³/mol. The van der Waals surface area contributed by atoms with Gasteiger partial charge in [0.15, 0.2) is 17.8 Å². The molecule has 0 saturated carbocycles. The Morgan fingerprint density at radius 2 is 1.65 bits per heavy atom. The molecule has 1 aromatic heterocycles. The van der Waals surface area contributed by atoms with Crippen LogP contribution in [0.3, 0.4) is 0 Å². The first-order valence-electron chi connectivity index (χ1n) is 4.93. The summed E-state index contributed by atoms with van der Waals surface area (Å²) in [6.45, 7) is 0. The number of phenols is 3. The Morgan fingerprint density at radius 1 is 1.00 bits per heavy atom. The maximum absolute atomic E-state index is 10.9. The number of phenolic OH excluding ortho intramolecular Hbond substituents is 3. The number of rotatable bonds is 2. The zero-order valence-corrected chi connectivity index (χ0v) is 9.79. The summed E-state index contributed by atoms with van der Waals surface area (Å²) in [7, 11) is -1.38. The van der Waals surface area contributed by atoms with E-state index in [0.717, 1.165) is 6.07 Å². The number of hydrogen-bond acceptors (Lipinski definition) is 4. The Balaban J connectivity index is 2.77. The van der Waals surface area contributed by atoms with Crippen molar-refractivity contribution in [2.45, 2.75) is 0 Å². The van der Waals surface area contributed by atoms with Crippen LogP contribution in [-0.4, -0.2) is 30.0 Å². The Hall–Kier alpha value is -2.14. The van der Waals surface area contributed by atoms with Crippen LogP contribution in [0.25, 0.3) is 5.19 Å². The monoisotopic (exact) mass is 246 g/mol. The van der Waals surface area contributed by atoms with Crippen molar-refractivity contribution in [2.24, 2.45) is 0 Å². The van der Waals surface area contributed by atoms with Gasteiger partial charge < -0.3 is 15.3 Å². The summed E-state index contributed by atoms with van der Waals surface area (Å²) in [5, 5.41) is 29.0. The predicted octanol–water partition coefficient (Wildman–Crippen LogP) is 1.63. The minimum absolute atomic E-state index is 0.197. The van der Waals surface area contributed by atoms with Crippen LogP contribution in [0.15, 0.2) is 35.6 Å². The number of carbonyl (C=O) groups is 1. The fraction of sp³-hybridized carbons (Fsp3) is 0. The van der Waals surface area contributed by atoms with Gasteiger partial charge in [-0.15, -0.1) is 0 Å². The summed E-state index contributed by atoms with van der Waals surface area (Å²) in [5.41, 5.74) is 3.95. The fourth-order valence-electron chi connectivity index (χ4n) is 1.67. The number of carbonyl (C=O) groups excluding carboxylic acids is 1. The molecule has 0 amide bonds. The van der Waals surface area contributed by atoms with Crippen molar-refractivity contribution in [3.05, 3.63) is 41.2 Å². The molecule has 17 heavy (non-hydrogen) atoms. The SMILES string of the molecule is O=Cc1cc(O)c(O)c(O)c1-[si]1ccccc1. The highest BCUT2D eigenvalue weighted by molar-refractivity contribution is 6.65. The lowest BCUT2D eigenvalue weighted by Gasteiger charge is -2.10. The van der Waals surface area contributed by atoms with Crippen LogP contribution < -0.4 is 0 Å². The Labute approximate surface area is 98.9 Å². The molecule has 5 heteroatoms. The highest BCUT2D eigenvalue weighted by Crippen LogP contribution is 2.40. The van der Waals surface area contributed by atoms with Gasteiger partial charge in [-0.1, -0.05) is 29.6 Å². The maximum Gasteiger partial charge on any atom is 0.200 e. The van der Waals surface area contributed by atoms with Crippen LogP contribution in [0.4, 0.5) is 0 Å².